The lowest BCUT2D eigenvalue weighted by Crippen LogP contribution is -2.64. The second-order valence-corrected chi connectivity index (χ2v) is 14.0. The third kappa shape index (κ3) is 11.2. The lowest BCUT2D eigenvalue weighted by molar-refractivity contribution is -0.359. The van der Waals surface area contributed by atoms with Gasteiger partial charge in [0.15, 0.2) is 12.6 Å². The van der Waals surface area contributed by atoms with Crippen LogP contribution in [0.25, 0.3) is 6.08 Å². The molecule has 7 N–H and O–H groups in total. The maximum absolute atomic E-state index is 14.2. The maximum atomic E-state index is 14.2. The number of unbranched alkanes of at least 4 members (excludes halogenated alkanes) is 4. The van der Waals surface area contributed by atoms with E-state index in [2.05, 4.69) is 11.9 Å². The van der Waals surface area contributed by atoms with Gasteiger partial charge >= 0.3 is 7.40 Å². The number of rotatable bonds is 20. The van der Waals surface area contributed by atoms with Crippen LogP contribution in [0.15, 0.2) is 34.5 Å². The van der Waals surface area contributed by atoms with E-state index in [0.29, 0.717) is 43.0 Å². The summed E-state index contributed by atoms with van der Waals surface area (Å²) in [6.07, 6.45) is -7.06. The summed E-state index contributed by atoms with van der Waals surface area (Å²) in [6.45, 7) is 5.37. The van der Waals surface area contributed by atoms with Crippen LogP contribution in [0.5, 0.6) is 0 Å². The number of hydrogen-bond acceptors (Lipinski definition) is 13. The molecule has 0 aliphatic carbocycles. The molecule has 304 valence electrons. The van der Waals surface area contributed by atoms with Crippen molar-refractivity contribution >= 4 is 25.1 Å². The summed E-state index contributed by atoms with van der Waals surface area (Å²) in [5.41, 5.74) is 2.97. The van der Waals surface area contributed by atoms with Gasteiger partial charge in [0.1, 0.15) is 48.8 Å². The van der Waals surface area contributed by atoms with Gasteiger partial charge in [-0.15, -0.1) is 0 Å². The van der Waals surface area contributed by atoms with E-state index in [1.165, 1.54) is 0 Å². The molecule has 3 aliphatic heterocycles. The molecule has 54 heavy (non-hydrogen) atoms. The molecular formula is C36H56BF2N3O12. The standard InChI is InChI=1S/C36H56BF2N3O12/c1-4-5-6-7-14-41(28(45)13-12-23-10-11-24(42(23)37(38)39)18-25-21(2)17-22(3)40-25)15-8-9-16-51-35-33(50)31(48)34(27(20-44)53-35)54-36-32(49)30(47)29(46)26(19-43)52-36/h10-11,17-18,26-27,29-36,43-44,46-50H,4-9,12-16,19-20H2,1-3H3/b25-18-/t26-,27-,29+,30+,31-,32-,33-,34-,35?,36+/m1/s1. The van der Waals surface area contributed by atoms with Gasteiger partial charge in [-0.3, -0.25) is 18.4 Å². The average Bonchev–Trinajstić information content (AvgIpc) is 3.70. The van der Waals surface area contributed by atoms with Crippen molar-refractivity contribution in [3.63, 3.8) is 0 Å². The number of aromatic nitrogens is 1. The Bertz CT molecular complexity index is 1440. The third-order valence-corrected chi connectivity index (χ3v) is 9.93. The fourth-order valence-electron chi connectivity index (χ4n) is 6.83. The summed E-state index contributed by atoms with van der Waals surface area (Å²) >= 11 is 0. The summed E-state index contributed by atoms with van der Waals surface area (Å²) in [4.78, 5) is 19.6. The van der Waals surface area contributed by atoms with Crippen LogP contribution in [0.4, 0.5) is 8.63 Å². The number of nitrogens with zero attached hydrogens (tertiary/aromatic N) is 3. The Hall–Kier alpha value is -2.62. The first-order valence-electron chi connectivity index (χ1n) is 18.7. The Morgan fingerprint density at radius 2 is 1.57 bits per heavy atom. The van der Waals surface area contributed by atoms with Gasteiger partial charge in [-0.25, -0.2) is 0 Å². The predicted octanol–water partition coefficient (Wildman–Crippen LogP) is 0.784. The summed E-state index contributed by atoms with van der Waals surface area (Å²) in [6, 6.07) is 3.23. The Kier molecular flexibility index (Phi) is 17.2. The van der Waals surface area contributed by atoms with Gasteiger partial charge in [-0.2, -0.15) is 0 Å². The molecule has 3 aliphatic rings. The van der Waals surface area contributed by atoms with Crippen LogP contribution in [0, 0.1) is 0 Å². The molecule has 1 aromatic heterocycles. The van der Waals surface area contributed by atoms with Gasteiger partial charge < -0.3 is 64.1 Å². The number of aryl methyl sites for hydroxylation is 1. The number of halogens is 2. The zero-order valence-electron chi connectivity index (χ0n) is 31.1. The molecule has 0 bridgehead atoms. The molecule has 2 saturated heterocycles. The van der Waals surface area contributed by atoms with E-state index in [-0.39, 0.29) is 25.4 Å². The molecule has 4 heterocycles. The lowest BCUT2D eigenvalue weighted by atomic mass is 9.97. The first-order valence-corrected chi connectivity index (χ1v) is 18.7. The number of ether oxygens (including phenoxy) is 4. The molecule has 10 atom stereocenters. The molecule has 0 radical (unpaired) electrons. The molecule has 0 aromatic carbocycles. The minimum Gasteiger partial charge on any atom is -0.394 e. The smallest absolute Gasteiger partial charge is 0.394 e. The number of amides is 1. The van der Waals surface area contributed by atoms with Crippen molar-refractivity contribution in [3.8, 4) is 0 Å². The quantitative estimate of drug-likeness (QED) is 0.0724. The fourth-order valence-corrected chi connectivity index (χ4v) is 6.83. The summed E-state index contributed by atoms with van der Waals surface area (Å²) in [5, 5.41) is 71.4. The number of carbonyl (C=O) groups excluding carboxylic acids is 1. The van der Waals surface area contributed by atoms with Crippen molar-refractivity contribution in [1.82, 2.24) is 9.38 Å². The Morgan fingerprint density at radius 3 is 2.20 bits per heavy atom. The van der Waals surface area contributed by atoms with Crippen LogP contribution >= 0.6 is 0 Å². The van der Waals surface area contributed by atoms with E-state index in [1.807, 2.05) is 19.9 Å². The zero-order valence-corrected chi connectivity index (χ0v) is 31.1. The van der Waals surface area contributed by atoms with Gasteiger partial charge in [0.05, 0.1) is 18.9 Å². The van der Waals surface area contributed by atoms with Gasteiger partial charge in [0.2, 0.25) is 5.91 Å². The highest BCUT2D eigenvalue weighted by molar-refractivity contribution is 6.41. The largest absolute Gasteiger partial charge is 0.677 e. The second kappa shape index (κ2) is 21.1. The van der Waals surface area contributed by atoms with Gasteiger partial charge in [0.25, 0.3) is 0 Å². The highest BCUT2D eigenvalue weighted by Gasteiger charge is 2.50. The summed E-state index contributed by atoms with van der Waals surface area (Å²) in [7, 11) is -2.79. The van der Waals surface area contributed by atoms with Crippen molar-refractivity contribution in [2.45, 2.75) is 134 Å². The minimum absolute atomic E-state index is 0.0438. The summed E-state index contributed by atoms with van der Waals surface area (Å²) in [5.74, 6) is -0.158. The van der Waals surface area contributed by atoms with E-state index in [9.17, 15) is 49.2 Å². The average molecular weight is 772 g/mol. The van der Waals surface area contributed by atoms with Crippen molar-refractivity contribution < 1.29 is 68.1 Å². The van der Waals surface area contributed by atoms with Crippen LogP contribution < -0.4 is 0 Å². The van der Waals surface area contributed by atoms with E-state index in [4.69, 9.17) is 18.9 Å². The molecule has 2 fully saturated rings. The maximum Gasteiger partial charge on any atom is 0.677 e. The fraction of sp³-hybridized carbons (Fsp3) is 0.722. The van der Waals surface area contributed by atoms with E-state index >= 15 is 0 Å². The van der Waals surface area contributed by atoms with Crippen LogP contribution in [0.2, 0.25) is 0 Å². The molecule has 1 unspecified atom stereocenters. The molecule has 15 nitrogen and oxygen atoms in total. The normalized spacial score (nSPS) is 30.8. The Balaban J connectivity index is 1.29. The van der Waals surface area contributed by atoms with E-state index < -0.39 is 82.0 Å². The van der Waals surface area contributed by atoms with Crippen molar-refractivity contribution in [2.24, 2.45) is 4.99 Å². The molecule has 1 amide bonds. The Morgan fingerprint density at radius 1 is 0.907 bits per heavy atom. The third-order valence-electron chi connectivity index (χ3n) is 9.93. The van der Waals surface area contributed by atoms with Crippen LogP contribution in [0.3, 0.4) is 0 Å². The van der Waals surface area contributed by atoms with E-state index in [1.54, 1.807) is 23.1 Å². The highest BCUT2D eigenvalue weighted by atomic mass is 19.2. The first-order chi connectivity index (χ1) is 25.8. The zero-order chi connectivity index (χ0) is 39.5. The Labute approximate surface area is 314 Å². The SMILES string of the molecule is CCCCCCN(CCCCOC1O[C@H](CO)[C@@H](O[C@@H]2O[C@H](CO)[C@H](O)[C@H](O)[C@H]2O)[C@H](O)[C@H]1O)C(=O)CCc1ccc(/C=C2\N=C(C)C=C2C)n1B(F)F. The van der Waals surface area contributed by atoms with Gasteiger partial charge in [-0.05, 0) is 69.4 Å². The topological polar surface area (TPSA) is 216 Å². The van der Waals surface area contributed by atoms with Crippen molar-refractivity contribution in [1.29, 1.82) is 0 Å². The molecular weight excluding hydrogens is 715 g/mol. The molecule has 18 heteroatoms. The monoisotopic (exact) mass is 771 g/mol. The molecule has 1 aromatic rings. The van der Waals surface area contributed by atoms with Crippen LogP contribution in [-0.4, -0.2) is 158 Å². The second-order valence-electron chi connectivity index (χ2n) is 14.0. The number of allylic oxidation sites excluding steroid dienone is 2. The minimum atomic E-state index is -2.79. The predicted molar refractivity (Wildman–Crippen MR) is 193 cm³/mol. The van der Waals surface area contributed by atoms with Crippen LogP contribution in [0.1, 0.15) is 77.1 Å². The van der Waals surface area contributed by atoms with Crippen molar-refractivity contribution in [2.75, 3.05) is 32.9 Å². The molecule has 4 rings (SSSR count). The number of aliphatic imine (C=N–C) groups is 1. The number of aliphatic hydroxyl groups excluding tert-OH is 7. The lowest BCUT2D eigenvalue weighted by Gasteiger charge is -2.45. The summed E-state index contributed by atoms with van der Waals surface area (Å²) < 4.78 is 51.6. The van der Waals surface area contributed by atoms with Gasteiger partial charge in [0, 0.05) is 43.2 Å². The molecule has 0 saturated carbocycles. The first kappa shape index (κ1) is 44.1. The van der Waals surface area contributed by atoms with Crippen molar-refractivity contribution in [3.05, 3.63) is 40.9 Å². The highest BCUT2D eigenvalue weighted by Crippen LogP contribution is 2.30. The number of hydrogen-bond donors (Lipinski definition) is 7. The van der Waals surface area contributed by atoms with Crippen LogP contribution in [-0.2, 0) is 30.2 Å². The number of carbonyl (C=O) groups is 1. The van der Waals surface area contributed by atoms with E-state index in [0.717, 1.165) is 41.4 Å². The van der Waals surface area contributed by atoms with Gasteiger partial charge in [-0.1, -0.05) is 26.2 Å². The molecule has 0 spiro atoms. The number of aliphatic hydroxyl groups is 7.